The second-order valence-electron chi connectivity index (χ2n) is 3.26. The molecule has 1 heterocycles. The molecule has 0 saturated heterocycles. The van der Waals surface area contributed by atoms with Crippen LogP contribution in [0.4, 0.5) is 4.39 Å². The molecule has 17 heavy (non-hydrogen) atoms. The zero-order valence-corrected chi connectivity index (χ0v) is 11.6. The molecule has 0 spiro atoms. The highest BCUT2D eigenvalue weighted by Gasteiger charge is 2.11. The van der Waals surface area contributed by atoms with Gasteiger partial charge in [-0.1, -0.05) is 11.3 Å². The van der Waals surface area contributed by atoms with Crippen molar-refractivity contribution in [1.82, 2.24) is 4.98 Å². The number of methoxy groups -OCH3 is 1. The first-order chi connectivity index (χ1) is 8.10. The summed E-state index contributed by atoms with van der Waals surface area (Å²) in [5.74, 6) is 0.155. The minimum atomic E-state index is -0.449. The number of ether oxygens (including phenoxy) is 2. The largest absolute Gasteiger partial charge is 0.493 e. The van der Waals surface area contributed by atoms with E-state index in [2.05, 4.69) is 20.9 Å². The van der Waals surface area contributed by atoms with Crippen molar-refractivity contribution in [2.45, 2.75) is 6.92 Å². The molecule has 0 aliphatic rings. The summed E-state index contributed by atoms with van der Waals surface area (Å²) < 4.78 is 24.2. The maximum Gasteiger partial charge on any atom is 0.278 e. The molecule has 0 N–H and O–H groups in total. The first-order valence-electron chi connectivity index (χ1n) is 4.73. The predicted molar refractivity (Wildman–Crippen MR) is 67.6 cm³/mol. The second kappa shape index (κ2) is 5.01. The predicted octanol–water partition coefficient (Wildman–Crippen LogP) is 4.15. The van der Waals surface area contributed by atoms with Gasteiger partial charge in [0.25, 0.3) is 5.19 Å². The molecular formula is C11H9BrFNO2S. The van der Waals surface area contributed by atoms with Gasteiger partial charge in [-0.25, -0.2) is 9.37 Å². The first kappa shape index (κ1) is 12.3. The molecule has 1 aromatic heterocycles. The lowest BCUT2D eigenvalue weighted by molar-refractivity contribution is 0.380. The molecule has 0 radical (unpaired) electrons. The van der Waals surface area contributed by atoms with E-state index in [0.717, 1.165) is 4.88 Å². The van der Waals surface area contributed by atoms with Crippen molar-refractivity contribution in [3.05, 3.63) is 33.5 Å². The molecule has 0 saturated carbocycles. The molecule has 0 unspecified atom stereocenters. The average Bonchev–Trinajstić information content (AvgIpc) is 2.69. The quantitative estimate of drug-likeness (QED) is 0.852. The van der Waals surface area contributed by atoms with Gasteiger partial charge in [-0.05, 0) is 28.9 Å². The van der Waals surface area contributed by atoms with Crippen LogP contribution in [0.25, 0.3) is 0 Å². The zero-order valence-electron chi connectivity index (χ0n) is 9.16. The van der Waals surface area contributed by atoms with Crippen LogP contribution in [0.5, 0.6) is 16.7 Å². The van der Waals surface area contributed by atoms with Gasteiger partial charge in [0.05, 0.1) is 11.6 Å². The van der Waals surface area contributed by atoms with E-state index < -0.39 is 5.82 Å². The molecule has 0 bridgehead atoms. The summed E-state index contributed by atoms with van der Waals surface area (Å²) in [5.41, 5.74) is 0. The Hall–Kier alpha value is -1.14. The third-order valence-electron chi connectivity index (χ3n) is 1.99. The SMILES string of the molecule is COc1cc(Oc2ncc(C)s2)cc(Br)c1F. The maximum absolute atomic E-state index is 13.5. The number of aryl methyl sites for hydroxylation is 1. The van der Waals surface area contributed by atoms with Crippen LogP contribution in [0.3, 0.4) is 0 Å². The van der Waals surface area contributed by atoms with Crippen LogP contribution in [-0.2, 0) is 0 Å². The topological polar surface area (TPSA) is 31.4 Å². The smallest absolute Gasteiger partial charge is 0.278 e. The molecular weight excluding hydrogens is 309 g/mol. The second-order valence-corrected chi connectivity index (χ2v) is 5.31. The fraction of sp³-hybridized carbons (Fsp3) is 0.182. The monoisotopic (exact) mass is 317 g/mol. The lowest BCUT2D eigenvalue weighted by Gasteiger charge is -2.07. The van der Waals surface area contributed by atoms with Crippen molar-refractivity contribution in [3.63, 3.8) is 0 Å². The van der Waals surface area contributed by atoms with Crippen molar-refractivity contribution in [2.75, 3.05) is 7.11 Å². The van der Waals surface area contributed by atoms with Crippen LogP contribution in [-0.4, -0.2) is 12.1 Å². The van der Waals surface area contributed by atoms with Crippen LogP contribution >= 0.6 is 27.3 Å². The van der Waals surface area contributed by atoms with E-state index in [1.807, 2.05) is 6.92 Å². The van der Waals surface area contributed by atoms with Crippen LogP contribution in [0, 0.1) is 12.7 Å². The highest BCUT2D eigenvalue weighted by molar-refractivity contribution is 9.10. The molecule has 90 valence electrons. The van der Waals surface area contributed by atoms with E-state index in [9.17, 15) is 4.39 Å². The van der Waals surface area contributed by atoms with E-state index >= 15 is 0 Å². The summed E-state index contributed by atoms with van der Waals surface area (Å²) in [7, 11) is 1.40. The standard InChI is InChI=1S/C11H9BrFNO2S/c1-6-5-14-11(17-6)16-7-3-8(12)10(13)9(4-7)15-2/h3-5H,1-2H3. The molecule has 3 nitrogen and oxygen atoms in total. The summed E-state index contributed by atoms with van der Waals surface area (Å²) in [6, 6.07) is 3.02. The van der Waals surface area contributed by atoms with Gasteiger partial charge in [0.15, 0.2) is 11.6 Å². The van der Waals surface area contributed by atoms with Crippen molar-refractivity contribution in [2.24, 2.45) is 0 Å². The average molecular weight is 318 g/mol. The minimum absolute atomic E-state index is 0.127. The fourth-order valence-electron chi connectivity index (χ4n) is 1.23. The molecule has 0 aliphatic carbocycles. The summed E-state index contributed by atoms with van der Waals surface area (Å²) in [5, 5.41) is 0.517. The van der Waals surface area contributed by atoms with Gasteiger partial charge in [-0.15, -0.1) is 0 Å². The molecule has 1 aromatic carbocycles. The van der Waals surface area contributed by atoms with Crippen LogP contribution in [0.15, 0.2) is 22.8 Å². The van der Waals surface area contributed by atoms with Crippen molar-refractivity contribution in [3.8, 4) is 16.7 Å². The maximum atomic E-state index is 13.5. The van der Waals surface area contributed by atoms with Gasteiger partial charge in [-0.3, -0.25) is 0 Å². The van der Waals surface area contributed by atoms with Crippen molar-refractivity contribution in [1.29, 1.82) is 0 Å². The normalized spacial score (nSPS) is 10.4. The van der Waals surface area contributed by atoms with Crippen molar-refractivity contribution < 1.29 is 13.9 Å². The van der Waals surface area contributed by atoms with Crippen LogP contribution in [0.2, 0.25) is 0 Å². The summed E-state index contributed by atoms with van der Waals surface area (Å²) in [4.78, 5) is 5.11. The molecule has 0 atom stereocenters. The number of nitrogens with zero attached hydrogens (tertiary/aromatic N) is 1. The highest BCUT2D eigenvalue weighted by Crippen LogP contribution is 2.34. The summed E-state index contributed by atoms with van der Waals surface area (Å²) >= 11 is 4.53. The Morgan fingerprint density at radius 2 is 2.18 bits per heavy atom. The van der Waals surface area contributed by atoms with E-state index in [-0.39, 0.29) is 5.75 Å². The van der Waals surface area contributed by atoms with Gasteiger partial charge in [0.1, 0.15) is 5.75 Å². The number of halogens is 2. The molecule has 0 fully saturated rings. The Bertz CT molecular complexity index is 544. The lowest BCUT2D eigenvalue weighted by atomic mass is 10.3. The molecule has 6 heteroatoms. The number of benzene rings is 1. The Labute approximate surface area is 110 Å². The minimum Gasteiger partial charge on any atom is -0.493 e. The van der Waals surface area contributed by atoms with Gasteiger partial charge < -0.3 is 9.47 Å². The van der Waals surface area contributed by atoms with Gasteiger partial charge in [0.2, 0.25) is 0 Å². The molecule has 0 amide bonds. The number of aromatic nitrogens is 1. The Morgan fingerprint density at radius 3 is 2.76 bits per heavy atom. The Morgan fingerprint density at radius 1 is 1.41 bits per heavy atom. The number of thiazole rings is 1. The lowest BCUT2D eigenvalue weighted by Crippen LogP contribution is -1.91. The third kappa shape index (κ3) is 2.76. The highest BCUT2D eigenvalue weighted by atomic mass is 79.9. The molecule has 0 aliphatic heterocycles. The molecule has 2 rings (SSSR count). The van der Waals surface area contributed by atoms with E-state index in [4.69, 9.17) is 9.47 Å². The van der Waals surface area contributed by atoms with Gasteiger partial charge in [0, 0.05) is 17.1 Å². The third-order valence-corrected chi connectivity index (χ3v) is 3.36. The summed E-state index contributed by atoms with van der Waals surface area (Å²) in [6.07, 6.45) is 1.72. The van der Waals surface area contributed by atoms with Crippen LogP contribution in [0.1, 0.15) is 4.88 Å². The van der Waals surface area contributed by atoms with E-state index in [0.29, 0.717) is 15.4 Å². The van der Waals surface area contributed by atoms with Crippen molar-refractivity contribution >= 4 is 27.3 Å². The Balaban J connectivity index is 2.30. The number of rotatable bonds is 3. The van der Waals surface area contributed by atoms with Crippen LogP contribution < -0.4 is 9.47 Å². The van der Waals surface area contributed by atoms with E-state index in [1.165, 1.54) is 30.6 Å². The molecule has 2 aromatic rings. The Kier molecular flexibility index (Phi) is 3.63. The first-order valence-corrected chi connectivity index (χ1v) is 6.34. The number of hydrogen-bond acceptors (Lipinski definition) is 4. The van der Waals surface area contributed by atoms with E-state index in [1.54, 1.807) is 6.20 Å². The number of hydrogen-bond donors (Lipinski definition) is 0. The zero-order chi connectivity index (χ0) is 12.4. The van der Waals surface area contributed by atoms with Gasteiger partial charge in [-0.2, -0.15) is 0 Å². The summed E-state index contributed by atoms with van der Waals surface area (Å²) in [6.45, 7) is 1.94. The van der Waals surface area contributed by atoms with Gasteiger partial charge >= 0.3 is 0 Å². The fourth-order valence-corrected chi connectivity index (χ4v) is 2.27.